The number of nitrogens with zero attached hydrogens (tertiary/aromatic N) is 1. The second kappa shape index (κ2) is 9.93. The van der Waals surface area contributed by atoms with E-state index in [1.807, 2.05) is 20.8 Å². The van der Waals surface area contributed by atoms with Gasteiger partial charge in [0.1, 0.15) is 0 Å². The van der Waals surface area contributed by atoms with Crippen LogP contribution in [0.15, 0.2) is 28.3 Å². The summed E-state index contributed by atoms with van der Waals surface area (Å²) in [6, 6.07) is 0. The molecular formula is C18H33NO. The normalized spacial score (nSPS) is 14.8. The second-order valence-corrected chi connectivity index (χ2v) is 5.95. The van der Waals surface area contributed by atoms with E-state index in [2.05, 4.69) is 44.8 Å². The van der Waals surface area contributed by atoms with Gasteiger partial charge >= 0.3 is 0 Å². The molecule has 0 amide bonds. The van der Waals surface area contributed by atoms with E-state index in [4.69, 9.17) is 4.74 Å². The molecule has 0 unspecified atom stereocenters. The fourth-order valence-electron chi connectivity index (χ4n) is 2.07. The molecule has 0 rings (SSSR count). The van der Waals surface area contributed by atoms with Gasteiger partial charge in [-0.1, -0.05) is 23.3 Å². The lowest BCUT2D eigenvalue weighted by Gasteiger charge is -2.20. The highest BCUT2D eigenvalue weighted by atomic mass is 16.5. The van der Waals surface area contributed by atoms with Crippen molar-refractivity contribution >= 4 is 5.71 Å². The van der Waals surface area contributed by atoms with Gasteiger partial charge in [0.25, 0.3) is 0 Å². The predicted molar refractivity (Wildman–Crippen MR) is 90.5 cm³/mol. The largest absolute Gasteiger partial charge is 0.355 e. The lowest BCUT2D eigenvalue weighted by atomic mass is 10.1. The summed E-state index contributed by atoms with van der Waals surface area (Å²) >= 11 is 0. The SMILES string of the molecule is C/C=C(\C)CC/C=C(\C)CCC(C)=NC(C)(C)OCC. The Morgan fingerprint density at radius 1 is 1.05 bits per heavy atom. The highest BCUT2D eigenvalue weighted by Gasteiger charge is 2.15. The molecule has 0 bridgehead atoms. The van der Waals surface area contributed by atoms with Gasteiger partial charge in [0.05, 0.1) is 0 Å². The summed E-state index contributed by atoms with van der Waals surface area (Å²) in [6.07, 6.45) is 8.96. The molecule has 0 aliphatic heterocycles. The molecule has 0 heterocycles. The first-order chi connectivity index (χ1) is 9.30. The standard InChI is InChI=1S/C18H33NO/c1-8-15(3)11-10-12-16(4)13-14-17(5)19-18(6,7)20-9-2/h8,12H,9-11,13-14H2,1-7H3/b15-8+,16-12+,19-17?. The van der Waals surface area contributed by atoms with Crippen LogP contribution in [0.1, 0.15) is 74.1 Å². The quantitative estimate of drug-likeness (QED) is 0.392. The molecule has 20 heavy (non-hydrogen) atoms. The van der Waals surface area contributed by atoms with Crippen LogP contribution in [0.3, 0.4) is 0 Å². The van der Waals surface area contributed by atoms with E-state index < -0.39 is 0 Å². The molecule has 2 nitrogen and oxygen atoms in total. The predicted octanol–water partition coefficient (Wildman–Crippen LogP) is 5.69. The van der Waals surface area contributed by atoms with Crippen molar-refractivity contribution in [3.05, 3.63) is 23.3 Å². The van der Waals surface area contributed by atoms with E-state index in [9.17, 15) is 0 Å². The molecule has 0 aliphatic carbocycles. The lowest BCUT2D eigenvalue weighted by Crippen LogP contribution is -2.23. The Labute approximate surface area is 126 Å². The van der Waals surface area contributed by atoms with Crippen molar-refractivity contribution in [1.82, 2.24) is 0 Å². The van der Waals surface area contributed by atoms with E-state index in [-0.39, 0.29) is 5.72 Å². The van der Waals surface area contributed by atoms with Crippen LogP contribution < -0.4 is 0 Å². The van der Waals surface area contributed by atoms with Gasteiger partial charge in [-0.3, -0.25) is 4.99 Å². The third-order valence-electron chi connectivity index (χ3n) is 3.36. The summed E-state index contributed by atoms with van der Waals surface area (Å²) < 4.78 is 5.60. The zero-order valence-electron chi connectivity index (χ0n) is 14.5. The minimum absolute atomic E-state index is 0.389. The van der Waals surface area contributed by atoms with Gasteiger partial charge in [0.15, 0.2) is 5.72 Å². The highest BCUT2D eigenvalue weighted by Crippen LogP contribution is 2.14. The Balaban J connectivity index is 4.20. The van der Waals surface area contributed by atoms with Gasteiger partial charge < -0.3 is 4.74 Å². The van der Waals surface area contributed by atoms with Gasteiger partial charge in [-0.15, -0.1) is 0 Å². The number of hydrogen-bond donors (Lipinski definition) is 0. The molecule has 0 N–H and O–H groups in total. The van der Waals surface area contributed by atoms with Crippen LogP contribution in [0.4, 0.5) is 0 Å². The molecule has 0 aromatic rings. The smallest absolute Gasteiger partial charge is 0.153 e. The molecule has 0 aliphatic rings. The summed E-state index contributed by atoms with van der Waals surface area (Å²) in [7, 11) is 0. The van der Waals surface area contributed by atoms with Crippen LogP contribution in [0, 0.1) is 0 Å². The monoisotopic (exact) mass is 279 g/mol. The molecule has 0 atom stereocenters. The maximum atomic E-state index is 5.60. The number of aliphatic imine (C=N–C) groups is 1. The summed E-state index contributed by atoms with van der Waals surface area (Å²) in [6.45, 7) is 15.3. The third-order valence-corrected chi connectivity index (χ3v) is 3.36. The zero-order valence-corrected chi connectivity index (χ0v) is 14.5. The first kappa shape index (κ1) is 19.1. The van der Waals surface area contributed by atoms with Gasteiger partial charge in [-0.25, -0.2) is 0 Å². The molecule has 0 saturated heterocycles. The van der Waals surface area contributed by atoms with Crippen LogP contribution in [0.5, 0.6) is 0 Å². The first-order valence-electron chi connectivity index (χ1n) is 7.77. The van der Waals surface area contributed by atoms with Gasteiger partial charge in [0, 0.05) is 12.3 Å². The fraction of sp³-hybridized carbons (Fsp3) is 0.722. The average Bonchev–Trinajstić information content (AvgIpc) is 2.35. The Morgan fingerprint density at radius 3 is 2.25 bits per heavy atom. The minimum Gasteiger partial charge on any atom is -0.355 e. The van der Waals surface area contributed by atoms with Crippen LogP contribution in [0.2, 0.25) is 0 Å². The van der Waals surface area contributed by atoms with Crippen LogP contribution in [-0.4, -0.2) is 18.0 Å². The molecule has 0 aromatic carbocycles. The molecule has 0 radical (unpaired) electrons. The molecular weight excluding hydrogens is 246 g/mol. The number of allylic oxidation sites excluding steroid dienone is 4. The maximum Gasteiger partial charge on any atom is 0.153 e. The van der Waals surface area contributed by atoms with Crippen LogP contribution in [-0.2, 0) is 4.74 Å². The Bertz CT molecular complexity index is 362. The van der Waals surface area contributed by atoms with Crippen molar-refractivity contribution in [3.63, 3.8) is 0 Å². The Morgan fingerprint density at radius 2 is 1.70 bits per heavy atom. The molecule has 2 heteroatoms. The van der Waals surface area contributed by atoms with Gasteiger partial charge in [-0.2, -0.15) is 0 Å². The summed E-state index contributed by atoms with van der Waals surface area (Å²) in [5.41, 5.74) is 3.70. The highest BCUT2D eigenvalue weighted by molar-refractivity contribution is 5.82. The van der Waals surface area contributed by atoms with Crippen molar-refractivity contribution in [2.45, 2.75) is 79.9 Å². The number of ether oxygens (including phenoxy) is 1. The third kappa shape index (κ3) is 9.96. The molecule has 0 fully saturated rings. The van der Waals surface area contributed by atoms with Crippen LogP contribution >= 0.6 is 0 Å². The van der Waals surface area contributed by atoms with Gasteiger partial charge in [-0.05, 0) is 74.1 Å². The molecule has 0 spiro atoms. The Kier molecular flexibility index (Phi) is 9.49. The minimum atomic E-state index is -0.389. The summed E-state index contributed by atoms with van der Waals surface area (Å²) in [5, 5.41) is 0. The first-order valence-corrected chi connectivity index (χ1v) is 7.77. The molecule has 0 aromatic heterocycles. The summed E-state index contributed by atoms with van der Waals surface area (Å²) in [4.78, 5) is 4.65. The van der Waals surface area contributed by atoms with Gasteiger partial charge in [0.2, 0.25) is 0 Å². The lowest BCUT2D eigenvalue weighted by molar-refractivity contribution is -0.00262. The van der Waals surface area contributed by atoms with Crippen molar-refractivity contribution in [2.75, 3.05) is 6.61 Å². The van der Waals surface area contributed by atoms with E-state index >= 15 is 0 Å². The maximum absolute atomic E-state index is 5.60. The van der Waals surface area contributed by atoms with Crippen molar-refractivity contribution in [2.24, 2.45) is 4.99 Å². The fourth-order valence-corrected chi connectivity index (χ4v) is 2.07. The van der Waals surface area contributed by atoms with Crippen molar-refractivity contribution in [1.29, 1.82) is 0 Å². The average molecular weight is 279 g/mol. The second-order valence-electron chi connectivity index (χ2n) is 5.95. The zero-order chi connectivity index (χ0) is 15.6. The Hall–Kier alpha value is -0.890. The van der Waals surface area contributed by atoms with Crippen LogP contribution in [0.25, 0.3) is 0 Å². The summed E-state index contributed by atoms with van der Waals surface area (Å²) in [5.74, 6) is 0. The van der Waals surface area contributed by atoms with E-state index in [0.717, 1.165) is 25.7 Å². The number of rotatable bonds is 9. The molecule has 0 saturated carbocycles. The van der Waals surface area contributed by atoms with E-state index in [1.54, 1.807) is 0 Å². The number of hydrogen-bond acceptors (Lipinski definition) is 2. The topological polar surface area (TPSA) is 21.6 Å². The van der Waals surface area contributed by atoms with Crippen molar-refractivity contribution in [3.8, 4) is 0 Å². The molecule has 116 valence electrons. The van der Waals surface area contributed by atoms with E-state index in [1.165, 1.54) is 16.9 Å². The van der Waals surface area contributed by atoms with E-state index in [0.29, 0.717) is 6.61 Å². The van der Waals surface area contributed by atoms with Crippen molar-refractivity contribution < 1.29 is 4.74 Å².